The number of hydrogen-bond acceptors (Lipinski definition) is 3. The van der Waals surface area contributed by atoms with Crippen LogP contribution in [0.25, 0.3) is 0 Å². The standard InChI is InChI=1S/C14H18N2O3/c1-9-7-16(8-12(9)14(18)19)13(17)11-4-2-10(6-15)3-5-11/h2-5,9,12H,6-8,15H2,1H3,(H,18,19). The van der Waals surface area contributed by atoms with Crippen LogP contribution >= 0.6 is 0 Å². The number of amides is 1. The van der Waals surface area contributed by atoms with Gasteiger partial charge < -0.3 is 15.7 Å². The summed E-state index contributed by atoms with van der Waals surface area (Å²) in [6, 6.07) is 7.12. The monoisotopic (exact) mass is 262 g/mol. The van der Waals surface area contributed by atoms with E-state index in [0.717, 1.165) is 5.56 Å². The van der Waals surface area contributed by atoms with Crippen LogP contribution in [0.15, 0.2) is 24.3 Å². The summed E-state index contributed by atoms with van der Waals surface area (Å²) >= 11 is 0. The molecule has 0 spiro atoms. The third kappa shape index (κ3) is 2.76. The molecule has 0 bridgehead atoms. The molecule has 102 valence electrons. The number of carbonyl (C=O) groups excluding carboxylic acids is 1. The van der Waals surface area contributed by atoms with Gasteiger partial charge in [0.15, 0.2) is 0 Å². The highest BCUT2D eigenvalue weighted by molar-refractivity contribution is 5.94. The van der Waals surface area contributed by atoms with Gasteiger partial charge in [-0.1, -0.05) is 19.1 Å². The van der Waals surface area contributed by atoms with Gasteiger partial charge in [0.05, 0.1) is 5.92 Å². The fraction of sp³-hybridized carbons (Fsp3) is 0.429. The zero-order valence-corrected chi connectivity index (χ0v) is 10.9. The lowest BCUT2D eigenvalue weighted by Gasteiger charge is -2.16. The average molecular weight is 262 g/mol. The van der Waals surface area contributed by atoms with E-state index in [9.17, 15) is 9.59 Å². The third-order valence-electron chi connectivity index (χ3n) is 3.65. The van der Waals surface area contributed by atoms with E-state index in [2.05, 4.69) is 0 Å². The quantitative estimate of drug-likeness (QED) is 0.849. The van der Waals surface area contributed by atoms with Crippen molar-refractivity contribution < 1.29 is 14.7 Å². The maximum absolute atomic E-state index is 12.3. The first kappa shape index (κ1) is 13.5. The maximum atomic E-state index is 12.3. The van der Waals surface area contributed by atoms with Crippen molar-refractivity contribution in [2.45, 2.75) is 13.5 Å². The first-order valence-electron chi connectivity index (χ1n) is 6.34. The van der Waals surface area contributed by atoms with Crippen molar-refractivity contribution in [1.82, 2.24) is 4.90 Å². The normalized spacial score (nSPS) is 22.5. The summed E-state index contributed by atoms with van der Waals surface area (Å²) in [5.74, 6) is -1.42. The summed E-state index contributed by atoms with van der Waals surface area (Å²) < 4.78 is 0. The fourth-order valence-corrected chi connectivity index (χ4v) is 2.42. The van der Waals surface area contributed by atoms with Crippen molar-refractivity contribution in [3.8, 4) is 0 Å². The van der Waals surface area contributed by atoms with Gasteiger partial charge in [-0.05, 0) is 23.6 Å². The molecule has 0 aromatic heterocycles. The van der Waals surface area contributed by atoms with Gasteiger partial charge in [0, 0.05) is 25.2 Å². The molecule has 0 saturated carbocycles. The molecule has 0 radical (unpaired) electrons. The molecule has 1 aromatic rings. The van der Waals surface area contributed by atoms with Crippen molar-refractivity contribution in [2.24, 2.45) is 17.6 Å². The minimum atomic E-state index is -0.832. The van der Waals surface area contributed by atoms with Crippen LogP contribution in [-0.4, -0.2) is 35.0 Å². The predicted octanol–water partition coefficient (Wildman–Crippen LogP) is 0.938. The molecule has 2 atom stereocenters. The first-order valence-corrected chi connectivity index (χ1v) is 6.34. The smallest absolute Gasteiger partial charge is 0.308 e. The molecule has 1 saturated heterocycles. The summed E-state index contributed by atoms with van der Waals surface area (Å²) in [5, 5.41) is 9.07. The Bertz CT molecular complexity index is 484. The number of nitrogens with two attached hydrogens (primary N) is 1. The van der Waals surface area contributed by atoms with Gasteiger partial charge in [0.25, 0.3) is 5.91 Å². The lowest BCUT2D eigenvalue weighted by atomic mass is 9.99. The second-order valence-electron chi connectivity index (χ2n) is 5.03. The van der Waals surface area contributed by atoms with Gasteiger partial charge in [-0.15, -0.1) is 0 Å². The van der Waals surface area contributed by atoms with Crippen LogP contribution in [-0.2, 0) is 11.3 Å². The van der Waals surface area contributed by atoms with Crippen molar-refractivity contribution in [2.75, 3.05) is 13.1 Å². The second-order valence-corrected chi connectivity index (χ2v) is 5.03. The number of carboxylic acids is 1. The van der Waals surface area contributed by atoms with Gasteiger partial charge in [0.2, 0.25) is 0 Å². The number of carboxylic acid groups (broad SMARTS) is 1. The molecular formula is C14H18N2O3. The molecule has 1 amide bonds. The highest BCUT2D eigenvalue weighted by atomic mass is 16.4. The Balaban J connectivity index is 2.10. The van der Waals surface area contributed by atoms with Gasteiger partial charge in [-0.25, -0.2) is 0 Å². The number of hydrogen-bond donors (Lipinski definition) is 2. The molecule has 2 unspecified atom stereocenters. The molecule has 1 aliphatic rings. The van der Waals surface area contributed by atoms with Crippen LogP contribution in [0.3, 0.4) is 0 Å². The Labute approximate surface area is 112 Å². The molecule has 3 N–H and O–H groups in total. The van der Waals surface area contributed by atoms with Crippen LogP contribution in [0.4, 0.5) is 0 Å². The van der Waals surface area contributed by atoms with Crippen LogP contribution in [0.2, 0.25) is 0 Å². The SMILES string of the molecule is CC1CN(C(=O)c2ccc(CN)cc2)CC1C(=O)O. The summed E-state index contributed by atoms with van der Waals surface area (Å²) in [6.45, 7) is 3.09. The predicted molar refractivity (Wildman–Crippen MR) is 70.5 cm³/mol. The molecule has 1 aromatic carbocycles. The summed E-state index contributed by atoms with van der Waals surface area (Å²) in [5.41, 5.74) is 7.05. The van der Waals surface area contributed by atoms with Crippen molar-refractivity contribution >= 4 is 11.9 Å². The highest BCUT2D eigenvalue weighted by Gasteiger charge is 2.37. The highest BCUT2D eigenvalue weighted by Crippen LogP contribution is 2.24. The minimum Gasteiger partial charge on any atom is -0.481 e. The van der Waals surface area contributed by atoms with E-state index in [1.54, 1.807) is 17.0 Å². The lowest BCUT2D eigenvalue weighted by molar-refractivity contribution is -0.142. The lowest BCUT2D eigenvalue weighted by Crippen LogP contribution is -2.29. The van der Waals surface area contributed by atoms with Crippen LogP contribution in [0.1, 0.15) is 22.8 Å². The maximum Gasteiger partial charge on any atom is 0.308 e. The van der Waals surface area contributed by atoms with Crippen LogP contribution < -0.4 is 5.73 Å². The van der Waals surface area contributed by atoms with Gasteiger partial charge in [-0.3, -0.25) is 9.59 Å². The number of likely N-dealkylation sites (tertiary alicyclic amines) is 1. The Morgan fingerprint density at radius 2 is 1.95 bits per heavy atom. The van der Waals surface area contributed by atoms with E-state index in [1.165, 1.54) is 0 Å². The number of nitrogens with zero attached hydrogens (tertiary/aromatic N) is 1. The van der Waals surface area contributed by atoms with Crippen molar-refractivity contribution in [3.63, 3.8) is 0 Å². The number of aliphatic carboxylic acids is 1. The van der Waals surface area contributed by atoms with Crippen molar-refractivity contribution in [1.29, 1.82) is 0 Å². The molecule has 0 aliphatic carbocycles. The van der Waals surface area contributed by atoms with Crippen molar-refractivity contribution in [3.05, 3.63) is 35.4 Å². The number of carbonyl (C=O) groups is 2. The summed E-state index contributed by atoms with van der Waals surface area (Å²) in [6.07, 6.45) is 0. The average Bonchev–Trinajstić information content (AvgIpc) is 2.80. The third-order valence-corrected chi connectivity index (χ3v) is 3.65. The van der Waals surface area contributed by atoms with Gasteiger partial charge in [0.1, 0.15) is 0 Å². The Kier molecular flexibility index (Phi) is 3.85. The van der Waals surface area contributed by atoms with Gasteiger partial charge in [-0.2, -0.15) is 0 Å². The zero-order valence-electron chi connectivity index (χ0n) is 10.9. The van der Waals surface area contributed by atoms with E-state index >= 15 is 0 Å². The minimum absolute atomic E-state index is 0.00948. The summed E-state index contributed by atoms with van der Waals surface area (Å²) in [4.78, 5) is 24.9. The fourth-order valence-electron chi connectivity index (χ4n) is 2.42. The number of rotatable bonds is 3. The molecule has 5 nitrogen and oxygen atoms in total. The van der Waals surface area contributed by atoms with E-state index < -0.39 is 11.9 Å². The molecule has 1 fully saturated rings. The number of benzene rings is 1. The largest absolute Gasteiger partial charge is 0.481 e. The zero-order chi connectivity index (χ0) is 14.0. The van der Waals surface area contributed by atoms with E-state index in [4.69, 9.17) is 10.8 Å². The molecular weight excluding hydrogens is 244 g/mol. The van der Waals surface area contributed by atoms with Crippen LogP contribution in [0.5, 0.6) is 0 Å². The summed E-state index contributed by atoms with van der Waals surface area (Å²) in [7, 11) is 0. The van der Waals surface area contributed by atoms with E-state index in [-0.39, 0.29) is 18.4 Å². The molecule has 1 aliphatic heterocycles. The molecule has 5 heteroatoms. The second kappa shape index (κ2) is 5.40. The van der Waals surface area contributed by atoms with Gasteiger partial charge >= 0.3 is 5.97 Å². The molecule has 1 heterocycles. The topological polar surface area (TPSA) is 83.6 Å². The Morgan fingerprint density at radius 3 is 2.42 bits per heavy atom. The first-order chi connectivity index (χ1) is 9.02. The molecule has 19 heavy (non-hydrogen) atoms. The Hall–Kier alpha value is -1.88. The van der Waals surface area contributed by atoms with E-state index in [0.29, 0.717) is 18.7 Å². The van der Waals surface area contributed by atoms with Crippen LogP contribution in [0, 0.1) is 11.8 Å². The van der Waals surface area contributed by atoms with E-state index in [1.807, 2.05) is 19.1 Å². The molecule has 2 rings (SSSR count). The Morgan fingerprint density at radius 1 is 1.32 bits per heavy atom.